The zero-order valence-corrected chi connectivity index (χ0v) is 16.8. The largest absolute Gasteiger partial charge is 0.397 e. The molecule has 0 amide bonds. The second-order valence-electron chi connectivity index (χ2n) is 6.78. The molecule has 0 radical (unpaired) electrons. The summed E-state index contributed by atoms with van der Waals surface area (Å²) >= 11 is 0. The van der Waals surface area contributed by atoms with Crippen LogP contribution < -0.4 is 16.8 Å². The number of hydrogen-bond donors (Lipinski definition) is 3. The van der Waals surface area contributed by atoms with Crippen molar-refractivity contribution < 1.29 is 8.42 Å². The van der Waals surface area contributed by atoms with Crippen molar-refractivity contribution in [2.75, 3.05) is 23.0 Å². The number of aryl methyl sites for hydroxylation is 1. The van der Waals surface area contributed by atoms with Gasteiger partial charge < -0.3 is 16.8 Å². The van der Waals surface area contributed by atoms with Gasteiger partial charge in [0.05, 0.1) is 34.2 Å². The van der Waals surface area contributed by atoms with Crippen LogP contribution in [0.3, 0.4) is 0 Å². The fourth-order valence-corrected chi connectivity index (χ4v) is 3.47. The number of nitrogens with two attached hydrogens (primary N) is 2. The quantitative estimate of drug-likeness (QED) is 0.565. The van der Waals surface area contributed by atoms with E-state index in [-0.39, 0.29) is 10.9 Å². The molecule has 1 heterocycles. The summed E-state index contributed by atoms with van der Waals surface area (Å²) in [6, 6.07) is 12.0. The van der Waals surface area contributed by atoms with Gasteiger partial charge in [0.25, 0.3) is 0 Å². The van der Waals surface area contributed by atoms with Crippen LogP contribution in [-0.4, -0.2) is 24.6 Å². The molecule has 0 saturated carbocycles. The van der Waals surface area contributed by atoms with Gasteiger partial charge in [-0.05, 0) is 43.7 Å². The van der Waals surface area contributed by atoms with Crippen LogP contribution in [0.4, 0.5) is 17.2 Å². The lowest BCUT2D eigenvalue weighted by atomic mass is 10.1. The summed E-state index contributed by atoms with van der Waals surface area (Å²) in [7, 11) is -3.25. The molecule has 3 aromatic rings. The molecule has 146 valence electrons. The van der Waals surface area contributed by atoms with E-state index in [4.69, 9.17) is 11.5 Å². The Labute approximate surface area is 164 Å². The van der Waals surface area contributed by atoms with Crippen LogP contribution in [-0.2, 0) is 9.84 Å². The minimum atomic E-state index is -3.25. The number of rotatable bonds is 5. The Balaban J connectivity index is 1.92. The molecule has 8 heteroatoms. The van der Waals surface area contributed by atoms with Crippen molar-refractivity contribution in [2.24, 2.45) is 0 Å². The predicted octanol–water partition coefficient (Wildman–Crippen LogP) is 3.19. The van der Waals surface area contributed by atoms with Gasteiger partial charge in [-0.3, -0.25) is 0 Å². The summed E-state index contributed by atoms with van der Waals surface area (Å²) in [5.41, 5.74) is 16.6. The lowest BCUT2D eigenvalue weighted by Crippen LogP contribution is -2.14. The standard InChI is InChI=1S/C20H23N5O2S/c1-12-4-9-16(21)17(10-12)24-13(2)19-20(22)23-11-18(25-19)14-5-7-15(8-6-14)28(3,26)27/h4-11,13,24H,21H2,1-3H3,(H2,22,23). The van der Waals surface area contributed by atoms with Crippen molar-refractivity contribution in [1.82, 2.24) is 9.97 Å². The summed E-state index contributed by atoms with van der Waals surface area (Å²) in [4.78, 5) is 9.15. The fourth-order valence-electron chi connectivity index (χ4n) is 2.84. The van der Waals surface area contributed by atoms with Gasteiger partial charge in [-0.2, -0.15) is 0 Å². The van der Waals surface area contributed by atoms with E-state index in [0.717, 1.165) is 16.8 Å². The van der Waals surface area contributed by atoms with Crippen LogP contribution in [0.1, 0.15) is 24.2 Å². The SMILES string of the molecule is Cc1ccc(N)c(NC(C)c2nc(-c3ccc(S(C)(=O)=O)cc3)cnc2N)c1. The van der Waals surface area contributed by atoms with Crippen molar-refractivity contribution in [2.45, 2.75) is 24.8 Å². The Bertz CT molecular complexity index is 1110. The van der Waals surface area contributed by atoms with Gasteiger partial charge in [-0.25, -0.2) is 18.4 Å². The number of nitrogens with one attached hydrogen (secondary N) is 1. The van der Waals surface area contributed by atoms with Crippen LogP contribution in [0.25, 0.3) is 11.3 Å². The Morgan fingerprint density at radius 1 is 1.07 bits per heavy atom. The first-order valence-corrected chi connectivity index (χ1v) is 10.6. The first-order valence-electron chi connectivity index (χ1n) is 8.70. The molecule has 28 heavy (non-hydrogen) atoms. The van der Waals surface area contributed by atoms with Gasteiger partial charge in [0.15, 0.2) is 9.84 Å². The molecule has 7 nitrogen and oxygen atoms in total. The van der Waals surface area contributed by atoms with E-state index in [0.29, 0.717) is 22.9 Å². The normalized spacial score (nSPS) is 12.5. The van der Waals surface area contributed by atoms with Gasteiger partial charge in [0.1, 0.15) is 11.5 Å². The predicted molar refractivity (Wildman–Crippen MR) is 113 cm³/mol. The van der Waals surface area contributed by atoms with Crippen molar-refractivity contribution >= 4 is 27.0 Å². The lowest BCUT2D eigenvalue weighted by molar-refractivity contribution is 0.602. The highest BCUT2D eigenvalue weighted by Gasteiger charge is 2.15. The molecule has 1 atom stereocenters. The first kappa shape index (κ1) is 19.6. The highest BCUT2D eigenvalue weighted by Crippen LogP contribution is 2.28. The van der Waals surface area contributed by atoms with E-state index in [2.05, 4.69) is 15.3 Å². The maximum Gasteiger partial charge on any atom is 0.175 e. The van der Waals surface area contributed by atoms with E-state index in [1.54, 1.807) is 30.5 Å². The Morgan fingerprint density at radius 3 is 2.39 bits per heavy atom. The Hall–Kier alpha value is -3.13. The van der Waals surface area contributed by atoms with Gasteiger partial charge >= 0.3 is 0 Å². The number of nitrogen functional groups attached to an aromatic ring is 2. The van der Waals surface area contributed by atoms with Crippen LogP contribution in [0.2, 0.25) is 0 Å². The summed E-state index contributed by atoms with van der Waals surface area (Å²) in [5, 5.41) is 3.33. The summed E-state index contributed by atoms with van der Waals surface area (Å²) in [5.74, 6) is 0.322. The molecule has 0 fully saturated rings. The maximum atomic E-state index is 11.6. The highest BCUT2D eigenvalue weighted by atomic mass is 32.2. The Kier molecular flexibility index (Phi) is 5.24. The van der Waals surface area contributed by atoms with Gasteiger partial charge in [0.2, 0.25) is 0 Å². The van der Waals surface area contributed by atoms with Gasteiger partial charge in [-0.15, -0.1) is 0 Å². The monoisotopic (exact) mass is 397 g/mol. The number of benzene rings is 2. The van der Waals surface area contributed by atoms with E-state index < -0.39 is 9.84 Å². The molecule has 0 aliphatic rings. The second kappa shape index (κ2) is 7.47. The van der Waals surface area contributed by atoms with Gasteiger partial charge in [-0.1, -0.05) is 18.2 Å². The molecule has 1 aromatic heterocycles. The van der Waals surface area contributed by atoms with Crippen LogP contribution in [0.5, 0.6) is 0 Å². The Morgan fingerprint density at radius 2 is 1.75 bits per heavy atom. The molecule has 0 bridgehead atoms. The van der Waals surface area contributed by atoms with E-state index in [1.807, 2.05) is 32.0 Å². The fraction of sp³-hybridized carbons (Fsp3) is 0.200. The number of sulfone groups is 1. The van der Waals surface area contributed by atoms with E-state index in [9.17, 15) is 8.42 Å². The van der Waals surface area contributed by atoms with Crippen molar-refractivity contribution in [3.63, 3.8) is 0 Å². The molecule has 5 N–H and O–H groups in total. The average molecular weight is 398 g/mol. The van der Waals surface area contributed by atoms with E-state index >= 15 is 0 Å². The third-order valence-electron chi connectivity index (χ3n) is 4.40. The molecular weight excluding hydrogens is 374 g/mol. The van der Waals surface area contributed by atoms with Gasteiger partial charge in [0, 0.05) is 11.8 Å². The number of anilines is 3. The third-order valence-corrected chi connectivity index (χ3v) is 5.53. The summed E-state index contributed by atoms with van der Waals surface area (Å²) < 4.78 is 23.3. The second-order valence-corrected chi connectivity index (χ2v) is 8.79. The van der Waals surface area contributed by atoms with Crippen molar-refractivity contribution in [3.8, 4) is 11.3 Å². The van der Waals surface area contributed by atoms with Crippen LogP contribution >= 0.6 is 0 Å². The summed E-state index contributed by atoms with van der Waals surface area (Å²) in [6.07, 6.45) is 2.75. The molecule has 0 aliphatic carbocycles. The summed E-state index contributed by atoms with van der Waals surface area (Å²) in [6.45, 7) is 3.92. The first-order chi connectivity index (χ1) is 13.1. The molecule has 0 spiro atoms. The molecule has 2 aromatic carbocycles. The zero-order chi connectivity index (χ0) is 20.5. The lowest BCUT2D eigenvalue weighted by Gasteiger charge is -2.18. The number of aromatic nitrogens is 2. The molecule has 0 saturated heterocycles. The molecular formula is C20H23N5O2S. The number of nitrogens with zero attached hydrogens (tertiary/aromatic N) is 2. The smallest absolute Gasteiger partial charge is 0.175 e. The molecule has 3 rings (SSSR count). The van der Waals surface area contributed by atoms with Crippen molar-refractivity contribution in [1.29, 1.82) is 0 Å². The third kappa shape index (κ3) is 4.23. The highest BCUT2D eigenvalue weighted by molar-refractivity contribution is 7.90. The molecule has 1 unspecified atom stereocenters. The van der Waals surface area contributed by atoms with Crippen LogP contribution in [0, 0.1) is 6.92 Å². The number of hydrogen-bond acceptors (Lipinski definition) is 7. The van der Waals surface area contributed by atoms with Crippen LogP contribution in [0.15, 0.2) is 53.6 Å². The van der Waals surface area contributed by atoms with E-state index in [1.165, 1.54) is 6.26 Å². The van der Waals surface area contributed by atoms with Crippen molar-refractivity contribution in [3.05, 3.63) is 59.9 Å². The zero-order valence-electron chi connectivity index (χ0n) is 16.0. The average Bonchev–Trinajstić information content (AvgIpc) is 2.64. The molecule has 0 aliphatic heterocycles. The minimum absolute atomic E-state index is 0.230. The minimum Gasteiger partial charge on any atom is -0.397 e. The maximum absolute atomic E-state index is 11.6. The topological polar surface area (TPSA) is 124 Å².